The Morgan fingerprint density at radius 1 is 1.09 bits per heavy atom. The molecule has 10 heteroatoms. The fourth-order valence-corrected chi connectivity index (χ4v) is 5.35. The van der Waals surface area contributed by atoms with E-state index in [1.807, 2.05) is 29.2 Å². The summed E-state index contributed by atoms with van der Waals surface area (Å²) in [6.07, 6.45) is 2.91. The van der Waals surface area contributed by atoms with Crippen molar-refractivity contribution in [2.24, 2.45) is 5.92 Å². The molecule has 3 amide bonds. The Bertz CT molecular complexity index is 1220. The first-order valence-corrected chi connectivity index (χ1v) is 12.4. The summed E-state index contributed by atoms with van der Waals surface area (Å²) in [6.45, 7) is 1.68. The van der Waals surface area contributed by atoms with Crippen LogP contribution in [0.1, 0.15) is 35.4 Å². The number of rotatable bonds is 6. The van der Waals surface area contributed by atoms with Crippen LogP contribution in [0.25, 0.3) is 10.6 Å². The molecule has 1 unspecified atom stereocenters. The molecule has 5 rings (SSSR count). The van der Waals surface area contributed by atoms with E-state index in [2.05, 4.69) is 10.5 Å². The molecule has 34 heavy (non-hydrogen) atoms. The summed E-state index contributed by atoms with van der Waals surface area (Å²) in [5.74, 6) is 0.522. The highest BCUT2D eigenvalue weighted by molar-refractivity contribution is 7.17. The number of carbonyl (C=O) groups excluding carboxylic acids is 3. The first-order valence-electron chi connectivity index (χ1n) is 11.2. The fraction of sp³-hybridized carbons (Fsp3) is 0.333. The fourth-order valence-electron chi connectivity index (χ4n) is 4.35. The molecule has 3 aromatic rings. The number of anilines is 2. The lowest BCUT2D eigenvalue weighted by atomic mass is 10.1. The predicted octanol–water partition coefficient (Wildman–Crippen LogP) is 4.36. The van der Waals surface area contributed by atoms with E-state index in [0.29, 0.717) is 36.6 Å². The second-order valence-electron chi connectivity index (χ2n) is 8.48. The van der Waals surface area contributed by atoms with Gasteiger partial charge in [0.15, 0.2) is 10.9 Å². The van der Waals surface area contributed by atoms with Crippen LogP contribution < -0.4 is 15.1 Å². The van der Waals surface area contributed by atoms with Gasteiger partial charge < -0.3 is 19.6 Å². The number of halogens is 1. The molecule has 0 spiro atoms. The van der Waals surface area contributed by atoms with Crippen molar-refractivity contribution in [2.75, 3.05) is 29.4 Å². The lowest BCUT2D eigenvalue weighted by Crippen LogP contribution is -2.35. The number of hydrogen-bond donors (Lipinski definition) is 1. The van der Waals surface area contributed by atoms with Gasteiger partial charge in [-0.3, -0.25) is 14.4 Å². The highest BCUT2D eigenvalue weighted by Gasteiger charge is 2.31. The Morgan fingerprint density at radius 3 is 2.56 bits per heavy atom. The molecule has 1 N–H and O–H groups in total. The second kappa shape index (κ2) is 9.60. The number of hydrogen-bond acceptors (Lipinski definition) is 6. The molecule has 0 saturated carbocycles. The Labute approximate surface area is 205 Å². The van der Waals surface area contributed by atoms with Crippen molar-refractivity contribution in [3.8, 4) is 10.6 Å². The zero-order chi connectivity index (χ0) is 23.7. The van der Waals surface area contributed by atoms with E-state index in [4.69, 9.17) is 16.1 Å². The van der Waals surface area contributed by atoms with Crippen LogP contribution in [-0.2, 0) is 9.59 Å². The summed E-state index contributed by atoms with van der Waals surface area (Å²) in [5, 5.41) is 6.85. The van der Waals surface area contributed by atoms with E-state index in [-0.39, 0.29) is 28.8 Å². The number of thiophene rings is 1. The summed E-state index contributed by atoms with van der Waals surface area (Å²) in [6, 6.07) is 12.7. The number of nitrogens with one attached hydrogen (secondary N) is 1. The summed E-state index contributed by atoms with van der Waals surface area (Å²) in [7, 11) is 0. The van der Waals surface area contributed by atoms with Crippen LogP contribution in [-0.4, -0.2) is 42.5 Å². The second-order valence-corrected chi connectivity index (χ2v) is 9.95. The van der Waals surface area contributed by atoms with Gasteiger partial charge in [0.2, 0.25) is 11.8 Å². The molecule has 2 aliphatic heterocycles. The van der Waals surface area contributed by atoms with E-state index < -0.39 is 0 Å². The van der Waals surface area contributed by atoms with Gasteiger partial charge in [0.1, 0.15) is 0 Å². The van der Waals surface area contributed by atoms with Gasteiger partial charge in [-0.05, 0) is 49.2 Å². The van der Waals surface area contributed by atoms with Gasteiger partial charge >= 0.3 is 0 Å². The van der Waals surface area contributed by atoms with Gasteiger partial charge in [0.25, 0.3) is 5.91 Å². The maximum atomic E-state index is 12.6. The van der Waals surface area contributed by atoms with Crippen molar-refractivity contribution in [3.63, 3.8) is 0 Å². The van der Waals surface area contributed by atoms with Crippen LogP contribution in [0, 0.1) is 5.92 Å². The summed E-state index contributed by atoms with van der Waals surface area (Å²) in [4.78, 5) is 42.2. The van der Waals surface area contributed by atoms with Gasteiger partial charge in [-0.15, -0.1) is 11.3 Å². The topological polar surface area (TPSA) is 95.8 Å². The number of benzene rings is 1. The standard InChI is InChI=1S/C24H23ClN4O4S/c25-21-12-18(33-27-21)19-8-9-20(34-19)24(32)26-13-15-11-23(31)29(14-15)17-6-4-16(5-7-17)28-10-2-1-3-22(28)30/h4-9,12,15H,1-3,10-11,13-14H2,(H,26,32). The average Bonchev–Trinajstić information content (AvgIpc) is 3.58. The molecule has 0 radical (unpaired) electrons. The normalized spacial score (nSPS) is 18.6. The molecule has 2 aromatic heterocycles. The van der Waals surface area contributed by atoms with Crippen molar-refractivity contribution in [1.82, 2.24) is 10.5 Å². The van der Waals surface area contributed by atoms with Crippen molar-refractivity contribution in [2.45, 2.75) is 25.7 Å². The third-order valence-corrected chi connectivity index (χ3v) is 7.38. The molecule has 0 bridgehead atoms. The maximum absolute atomic E-state index is 12.6. The van der Waals surface area contributed by atoms with Gasteiger partial charge in [0.05, 0.1) is 9.75 Å². The minimum atomic E-state index is -0.191. The zero-order valence-electron chi connectivity index (χ0n) is 18.3. The van der Waals surface area contributed by atoms with Crippen LogP contribution in [0.15, 0.2) is 47.0 Å². The van der Waals surface area contributed by atoms with Crippen molar-refractivity contribution in [3.05, 3.63) is 52.5 Å². The lowest BCUT2D eigenvalue weighted by Gasteiger charge is -2.27. The van der Waals surface area contributed by atoms with Crippen LogP contribution in [0.4, 0.5) is 11.4 Å². The number of aromatic nitrogens is 1. The smallest absolute Gasteiger partial charge is 0.261 e. The summed E-state index contributed by atoms with van der Waals surface area (Å²) >= 11 is 7.08. The monoisotopic (exact) mass is 498 g/mol. The Morgan fingerprint density at radius 2 is 1.85 bits per heavy atom. The van der Waals surface area contributed by atoms with E-state index in [1.54, 1.807) is 23.1 Å². The molecule has 1 aromatic carbocycles. The Kier molecular flexibility index (Phi) is 6.38. The molecule has 2 saturated heterocycles. The maximum Gasteiger partial charge on any atom is 0.261 e. The molecule has 4 heterocycles. The van der Waals surface area contributed by atoms with E-state index in [9.17, 15) is 14.4 Å². The minimum absolute atomic E-state index is 0.0207. The highest BCUT2D eigenvalue weighted by Crippen LogP contribution is 2.31. The van der Waals surface area contributed by atoms with Crippen LogP contribution in [0.3, 0.4) is 0 Å². The third kappa shape index (κ3) is 4.71. The third-order valence-electron chi connectivity index (χ3n) is 6.11. The number of carbonyl (C=O) groups is 3. The predicted molar refractivity (Wildman–Crippen MR) is 130 cm³/mol. The van der Waals surface area contributed by atoms with Crippen molar-refractivity contribution < 1.29 is 18.9 Å². The van der Waals surface area contributed by atoms with Gasteiger partial charge in [-0.2, -0.15) is 0 Å². The quantitative estimate of drug-likeness (QED) is 0.545. The number of piperidine rings is 1. The Hall–Kier alpha value is -3.17. The molecule has 0 aliphatic carbocycles. The van der Waals surface area contributed by atoms with Gasteiger partial charge in [-0.1, -0.05) is 16.8 Å². The molecule has 2 aliphatic rings. The minimum Gasteiger partial charge on any atom is -0.354 e. The molecule has 176 valence electrons. The van der Waals surface area contributed by atoms with Crippen LogP contribution in [0.2, 0.25) is 5.15 Å². The Balaban J connectivity index is 1.17. The largest absolute Gasteiger partial charge is 0.354 e. The first kappa shape index (κ1) is 22.6. The zero-order valence-corrected chi connectivity index (χ0v) is 19.9. The SMILES string of the molecule is O=C(NCC1CC(=O)N(c2ccc(N3CCCCC3=O)cc2)C1)c1ccc(-c2cc(Cl)no2)s1. The van der Waals surface area contributed by atoms with Crippen molar-refractivity contribution >= 4 is 52.0 Å². The van der Waals surface area contributed by atoms with Gasteiger partial charge in [-0.25, -0.2) is 0 Å². The molecular weight excluding hydrogens is 476 g/mol. The van der Waals surface area contributed by atoms with Gasteiger partial charge in [0, 0.05) is 55.8 Å². The molecule has 8 nitrogen and oxygen atoms in total. The van der Waals surface area contributed by atoms with E-state index in [0.717, 1.165) is 35.6 Å². The lowest BCUT2D eigenvalue weighted by molar-refractivity contribution is -0.119. The van der Waals surface area contributed by atoms with Crippen LogP contribution in [0.5, 0.6) is 0 Å². The van der Waals surface area contributed by atoms with Crippen molar-refractivity contribution in [1.29, 1.82) is 0 Å². The summed E-state index contributed by atoms with van der Waals surface area (Å²) < 4.78 is 5.13. The van der Waals surface area contributed by atoms with E-state index >= 15 is 0 Å². The van der Waals surface area contributed by atoms with E-state index in [1.165, 1.54) is 11.3 Å². The highest BCUT2D eigenvalue weighted by atomic mass is 35.5. The first-order chi connectivity index (χ1) is 16.5. The number of nitrogens with zero attached hydrogens (tertiary/aromatic N) is 3. The molecular formula is C24H23ClN4O4S. The molecule has 1 atom stereocenters. The number of amides is 3. The summed E-state index contributed by atoms with van der Waals surface area (Å²) in [5.41, 5.74) is 1.67. The average molecular weight is 499 g/mol. The molecule has 2 fully saturated rings. The van der Waals surface area contributed by atoms with Crippen LogP contribution >= 0.6 is 22.9 Å².